The van der Waals surface area contributed by atoms with Gasteiger partial charge in [0.15, 0.2) is 5.82 Å². The molecule has 0 atom stereocenters. The number of rotatable bonds is 4. The lowest BCUT2D eigenvalue weighted by molar-refractivity contribution is 0.0568. The van der Waals surface area contributed by atoms with E-state index in [0.29, 0.717) is 41.9 Å². The molecule has 1 aromatic heterocycles. The minimum atomic E-state index is -0.0651. The molecule has 7 nitrogen and oxygen atoms in total. The number of aromatic nitrogens is 2. The summed E-state index contributed by atoms with van der Waals surface area (Å²) in [5.74, 6) is 2.42. The minimum Gasteiger partial charge on any atom is -0.497 e. The lowest BCUT2D eigenvalue weighted by Crippen LogP contribution is -2.48. The third-order valence-electron chi connectivity index (χ3n) is 3.66. The van der Waals surface area contributed by atoms with Crippen molar-refractivity contribution in [3.8, 4) is 11.5 Å². The third kappa shape index (κ3) is 2.61. The summed E-state index contributed by atoms with van der Waals surface area (Å²) in [7, 11) is 3.11. The Hall–Kier alpha value is -2.57. The smallest absolute Gasteiger partial charge is 0.254 e. The number of carbonyl (C=O) groups is 1. The molecule has 1 saturated heterocycles. The maximum absolute atomic E-state index is 12.5. The fraction of sp³-hybridized carbons (Fsp3) is 0.400. The van der Waals surface area contributed by atoms with Crippen molar-refractivity contribution in [2.24, 2.45) is 0 Å². The molecule has 1 aromatic carbocycles. The Kier molecular flexibility index (Phi) is 3.70. The molecule has 22 heavy (non-hydrogen) atoms. The number of hydrogen-bond acceptors (Lipinski definition) is 6. The zero-order valence-corrected chi connectivity index (χ0v) is 12.7. The summed E-state index contributed by atoms with van der Waals surface area (Å²) in [5, 5.41) is 3.77. The van der Waals surface area contributed by atoms with Crippen LogP contribution < -0.4 is 9.47 Å². The molecule has 3 rings (SSSR count). The predicted molar refractivity (Wildman–Crippen MR) is 77.2 cm³/mol. The standard InChI is InChI=1S/C15H17N3O4/c1-9-16-14(22-17-9)11-7-18(8-11)15(19)10-4-12(20-2)6-13(5-10)21-3/h4-6,11H,7-8H2,1-3H3. The van der Waals surface area contributed by atoms with E-state index in [4.69, 9.17) is 14.0 Å². The van der Waals surface area contributed by atoms with Crippen LogP contribution in [0, 0.1) is 6.92 Å². The molecule has 2 heterocycles. The van der Waals surface area contributed by atoms with E-state index in [9.17, 15) is 4.79 Å². The number of hydrogen-bond donors (Lipinski definition) is 0. The van der Waals surface area contributed by atoms with Gasteiger partial charge in [-0.1, -0.05) is 5.16 Å². The van der Waals surface area contributed by atoms with Crippen LogP contribution >= 0.6 is 0 Å². The van der Waals surface area contributed by atoms with Gasteiger partial charge < -0.3 is 18.9 Å². The van der Waals surface area contributed by atoms with Gasteiger partial charge in [-0.2, -0.15) is 4.98 Å². The molecule has 7 heteroatoms. The van der Waals surface area contributed by atoms with Crippen molar-refractivity contribution in [1.29, 1.82) is 0 Å². The number of aryl methyl sites for hydroxylation is 1. The average Bonchev–Trinajstić information content (AvgIpc) is 2.91. The second-order valence-electron chi connectivity index (χ2n) is 5.19. The molecule has 0 radical (unpaired) electrons. The van der Waals surface area contributed by atoms with Crippen LogP contribution in [0.15, 0.2) is 22.7 Å². The minimum absolute atomic E-state index is 0.0651. The number of ether oxygens (including phenoxy) is 2. The molecule has 1 aliphatic heterocycles. The van der Waals surface area contributed by atoms with Crippen molar-refractivity contribution in [3.05, 3.63) is 35.5 Å². The lowest BCUT2D eigenvalue weighted by atomic mass is 9.98. The highest BCUT2D eigenvalue weighted by Crippen LogP contribution is 2.29. The lowest BCUT2D eigenvalue weighted by Gasteiger charge is -2.37. The Bertz CT molecular complexity index is 670. The molecule has 0 saturated carbocycles. The topological polar surface area (TPSA) is 77.7 Å². The molecule has 0 bridgehead atoms. The van der Waals surface area contributed by atoms with Gasteiger partial charge in [0.1, 0.15) is 11.5 Å². The van der Waals surface area contributed by atoms with E-state index in [0.717, 1.165) is 0 Å². The fourth-order valence-corrected chi connectivity index (χ4v) is 2.39. The van der Waals surface area contributed by atoms with E-state index >= 15 is 0 Å². The van der Waals surface area contributed by atoms with E-state index in [1.807, 2.05) is 0 Å². The molecule has 1 aliphatic rings. The summed E-state index contributed by atoms with van der Waals surface area (Å²) < 4.78 is 15.5. The van der Waals surface area contributed by atoms with E-state index in [1.54, 1.807) is 44.2 Å². The van der Waals surface area contributed by atoms with Gasteiger partial charge in [0.2, 0.25) is 5.89 Å². The molecular weight excluding hydrogens is 286 g/mol. The second kappa shape index (κ2) is 5.67. The van der Waals surface area contributed by atoms with Crippen LogP contribution in [-0.2, 0) is 0 Å². The second-order valence-corrected chi connectivity index (χ2v) is 5.19. The van der Waals surface area contributed by atoms with Crippen LogP contribution in [0.2, 0.25) is 0 Å². The van der Waals surface area contributed by atoms with Gasteiger partial charge in [-0.15, -0.1) is 0 Å². The van der Waals surface area contributed by atoms with Crippen molar-refractivity contribution in [2.75, 3.05) is 27.3 Å². The molecule has 1 fully saturated rings. The number of benzene rings is 1. The fourth-order valence-electron chi connectivity index (χ4n) is 2.39. The van der Waals surface area contributed by atoms with Gasteiger partial charge in [0.05, 0.1) is 20.1 Å². The number of nitrogens with zero attached hydrogens (tertiary/aromatic N) is 3. The highest BCUT2D eigenvalue weighted by Gasteiger charge is 2.36. The Morgan fingerprint density at radius 1 is 1.23 bits per heavy atom. The summed E-state index contributed by atoms with van der Waals surface area (Å²) in [5.41, 5.74) is 0.538. The number of likely N-dealkylation sites (tertiary alicyclic amines) is 1. The number of carbonyl (C=O) groups excluding carboxylic acids is 1. The van der Waals surface area contributed by atoms with Crippen LogP contribution in [0.1, 0.15) is 28.0 Å². The first-order valence-corrected chi connectivity index (χ1v) is 6.93. The van der Waals surface area contributed by atoms with Crippen molar-refractivity contribution < 1.29 is 18.8 Å². The molecule has 1 amide bonds. The van der Waals surface area contributed by atoms with Crippen LogP contribution in [0.3, 0.4) is 0 Å². The summed E-state index contributed by atoms with van der Waals surface area (Å²) >= 11 is 0. The largest absolute Gasteiger partial charge is 0.497 e. The number of amides is 1. The summed E-state index contributed by atoms with van der Waals surface area (Å²) in [4.78, 5) is 18.4. The van der Waals surface area contributed by atoms with Crippen LogP contribution in [0.4, 0.5) is 0 Å². The van der Waals surface area contributed by atoms with Crippen LogP contribution in [-0.4, -0.2) is 48.3 Å². The van der Waals surface area contributed by atoms with Crippen molar-refractivity contribution >= 4 is 5.91 Å². The molecule has 0 aliphatic carbocycles. The summed E-state index contributed by atoms with van der Waals surface area (Å²) in [6.45, 7) is 2.91. The van der Waals surface area contributed by atoms with Crippen LogP contribution in [0.5, 0.6) is 11.5 Å². The van der Waals surface area contributed by atoms with Gasteiger partial charge in [-0.05, 0) is 19.1 Å². The quantitative estimate of drug-likeness (QED) is 0.854. The van der Waals surface area contributed by atoms with Crippen molar-refractivity contribution in [1.82, 2.24) is 15.0 Å². The Morgan fingerprint density at radius 3 is 2.36 bits per heavy atom. The molecule has 0 spiro atoms. The van der Waals surface area contributed by atoms with E-state index in [2.05, 4.69) is 10.1 Å². The monoisotopic (exact) mass is 303 g/mol. The van der Waals surface area contributed by atoms with Gasteiger partial charge in [0.25, 0.3) is 5.91 Å². The van der Waals surface area contributed by atoms with Gasteiger partial charge in [0, 0.05) is 24.7 Å². The van der Waals surface area contributed by atoms with Gasteiger partial charge in [-0.25, -0.2) is 0 Å². The predicted octanol–water partition coefficient (Wildman–Crippen LogP) is 1.63. The molecule has 2 aromatic rings. The maximum atomic E-state index is 12.5. The third-order valence-corrected chi connectivity index (χ3v) is 3.66. The molecule has 0 unspecified atom stereocenters. The SMILES string of the molecule is COc1cc(OC)cc(C(=O)N2CC(c3nc(C)no3)C2)c1. The summed E-state index contributed by atoms with van der Waals surface area (Å²) in [6, 6.07) is 5.14. The first-order valence-electron chi connectivity index (χ1n) is 6.93. The zero-order valence-electron chi connectivity index (χ0n) is 12.7. The Morgan fingerprint density at radius 2 is 1.86 bits per heavy atom. The van der Waals surface area contributed by atoms with Crippen molar-refractivity contribution in [3.63, 3.8) is 0 Å². The summed E-state index contributed by atoms with van der Waals surface area (Å²) in [6.07, 6.45) is 0. The van der Waals surface area contributed by atoms with E-state index in [1.165, 1.54) is 0 Å². The first-order chi connectivity index (χ1) is 10.6. The molecular formula is C15H17N3O4. The highest BCUT2D eigenvalue weighted by atomic mass is 16.5. The zero-order chi connectivity index (χ0) is 15.7. The average molecular weight is 303 g/mol. The normalized spacial score (nSPS) is 14.6. The molecule has 0 N–H and O–H groups in total. The maximum Gasteiger partial charge on any atom is 0.254 e. The highest BCUT2D eigenvalue weighted by molar-refractivity contribution is 5.95. The van der Waals surface area contributed by atoms with Crippen molar-refractivity contribution in [2.45, 2.75) is 12.8 Å². The first kappa shape index (κ1) is 14.4. The Balaban J connectivity index is 1.71. The van der Waals surface area contributed by atoms with Gasteiger partial charge >= 0.3 is 0 Å². The van der Waals surface area contributed by atoms with Gasteiger partial charge in [-0.3, -0.25) is 4.79 Å². The van der Waals surface area contributed by atoms with E-state index < -0.39 is 0 Å². The molecule has 116 valence electrons. The Labute approximate surface area is 127 Å². The number of methoxy groups -OCH3 is 2. The van der Waals surface area contributed by atoms with E-state index in [-0.39, 0.29) is 11.8 Å². The van der Waals surface area contributed by atoms with Crippen LogP contribution in [0.25, 0.3) is 0 Å².